The Hall–Kier alpha value is -1.03. The van der Waals surface area contributed by atoms with E-state index in [0.717, 1.165) is 6.42 Å². The molecule has 4 heteroatoms. The van der Waals surface area contributed by atoms with E-state index in [4.69, 9.17) is 10.5 Å². The van der Waals surface area contributed by atoms with E-state index in [9.17, 15) is 4.79 Å². The first kappa shape index (κ1) is 12.0. The number of esters is 1. The summed E-state index contributed by atoms with van der Waals surface area (Å²) in [6.07, 6.45) is 0.799. The summed E-state index contributed by atoms with van der Waals surface area (Å²) >= 11 is 1.32. The third kappa shape index (κ3) is 2.96. The Balaban J connectivity index is 2.67. The smallest absolute Gasteiger partial charge is 0.350 e. The summed E-state index contributed by atoms with van der Waals surface area (Å²) in [5.41, 5.74) is 6.15. The van der Waals surface area contributed by atoms with Gasteiger partial charge in [0, 0.05) is 0 Å². The highest BCUT2D eigenvalue weighted by molar-refractivity contribution is 7.12. The van der Waals surface area contributed by atoms with Crippen LogP contribution < -0.4 is 5.73 Å². The Morgan fingerprint density at radius 1 is 1.60 bits per heavy atom. The lowest BCUT2D eigenvalue weighted by Crippen LogP contribution is -2.22. The number of rotatable bonds is 4. The number of carbonyl (C=O) groups excluding carboxylic acids is 1. The summed E-state index contributed by atoms with van der Waals surface area (Å²) in [7, 11) is 0. The zero-order valence-electron chi connectivity index (χ0n) is 9.32. The van der Waals surface area contributed by atoms with Crippen LogP contribution in [0.25, 0.3) is 0 Å². The van der Waals surface area contributed by atoms with Gasteiger partial charge in [-0.25, -0.2) is 4.79 Å². The van der Waals surface area contributed by atoms with Gasteiger partial charge >= 0.3 is 5.97 Å². The maximum absolute atomic E-state index is 11.7. The van der Waals surface area contributed by atoms with E-state index >= 15 is 0 Å². The molecule has 1 rings (SSSR count). The van der Waals surface area contributed by atoms with Gasteiger partial charge in [-0.2, -0.15) is 0 Å². The van der Waals surface area contributed by atoms with E-state index < -0.39 is 0 Å². The number of thiophene rings is 1. The lowest BCUT2D eigenvalue weighted by Gasteiger charge is -2.19. The van der Waals surface area contributed by atoms with Gasteiger partial charge in [0.25, 0.3) is 0 Å². The zero-order chi connectivity index (χ0) is 11.4. The van der Waals surface area contributed by atoms with Gasteiger partial charge in [-0.05, 0) is 23.8 Å². The predicted octanol–water partition coefficient (Wildman–Crippen LogP) is 2.92. The summed E-state index contributed by atoms with van der Waals surface area (Å²) in [5.74, 6) is 0.0307. The molecule has 3 nitrogen and oxygen atoms in total. The fourth-order valence-electron chi connectivity index (χ4n) is 1.37. The van der Waals surface area contributed by atoms with Gasteiger partial charge in [0.15, 0.2) is 0 Å². The SMILES string of the molecule is CCC(OC(=O)c1sccc1N)C(C)C. The van der Waals surface area contributed by atoms with E-state index in [-0.39, 0.29) is 12.1 Å². The molecule has 15 heavy (non-hydrogen) atoms. The molecule has 1 aromatic heterocycles. The Bertz CT molecular complexity index is 333. The van der Waals surface area contributed by atoms with Gasteiger partial charge in [0.05, 0.1) is 5.69 Å². The minimum Gasteiger partial charge on any atom is -0.458 e. The third-order valence-electron chi connectivity index (χ3n) is 2.29. The number of nitrogens with two attached hydrogens (primary N) is 1. The minimum atomic E-state index is -0.303. The van der Waals surface area contributed by atoms with Crippen molar-refractivity contribution in [3.8, 4) is 0 Å². The van der Waals surface area contributed by atoms with Gasteiger partial charge in [0.1, 0.15) is 11.0 Å². The van der Waals surface area contributed by atoms with Gasteiger partial charge in [0.2, 0.25) is 0 Å². The fraction of sp³-hybridized carbons (Fsp3) is 0.545. The second-order valence-electron chi connectivity index (χ2n) is 3.80. The number of carbonyl (C=O) groups is 1. The summed E-state index contributed by atoms with van der Waals surface area (Å²) in [4.78, 5) is 12.2. The van der Waals surface area contributed by atoms with Crippen LogP contribution in [-0.2, 0) is 4.74 Å². The van der Waals surface area contributed by atoms with E-state index in [1.54, 1.807) is 11.4 Å². The average molecular weight is 227 g/mol. The van der Waals surface area contributed by atoms with Crippen LogP contribution in [0.3, 0.4) is 0 Å². The van der Waals surface area contributed by atoms with Crippen molar-refractivity contribution in [1.29, 1.82) is 0 Å². The monoisotopic (exact) mass is 227 g/mol. The number of hydrogen-bond acceptors (Lipinski definition) is 4. The van der Waals surface area contributed by atoms with Crippen molar-refractivity contribution in [3.63, 3.8) is 0 Å². The molecule has 0 aromatic carbocycles. The largest absolute Gasteiger partial charge is 0.458 e. The Labute approximate surface area is 94.2 Å². The fourth-order valence-corrected chi connectivity index (χ4v) is 2.07. The van der Waals surface area contributed by atoms with Crippen molar-refractivity contribution in [2.75, 3.05) is 5.73 Å². The highest BCUT2D eigenvalue weighted by atomic mass is 32.1. The molecular weight excluding hydrogens is 210 g/mol. The van der Waals surface area contributed by atoms with Gasteiger partial charge in [-0.15, -0.1) is 11.3 Å². The van der Waals surface area contributed by atoms with Crippen LogP contribution in [0.2, 0.25) is 0 Å². The first-order valence-corrected chi connectivity index (χ1v) is 5.98. The van der Waals surface area contributed by atoms with Crippen molar-refractivity contribution < 1.29 is 9.53 Å². The van der Waals surface area contributed by atoms with E-state index in [2.05, 4.69) is 0 Å². The van der Waals surface area contributed by atoms with Gasteiger partial charge in [-0.3, -0.25) is 0 Å². The molecule has 0 aliphatic heterocycles. The first-order valence-electron chi connectivity index (χ1n) is 5.10. The van der Waals surface area contributed by atoms with Crippen molar-refractivity contribution in [1.82, 2.24) is 0 Å². The maximum Gasteiger partial charge on any atom is 0.350 e. The highest BCUT2D eigenvalue weighted by Crippen LogP contribution is 2.22. The predicted molar refractivity (Wildman–Crippen MR) is 63.1 cm³/mol. The molecule has 0 spiro atoms. The number of hydrogen-bond donors (Lipinski definition) is 1. The molecule has 1 aromatic rings. The quantitative estimate of drug-likeness (QED) is 0.805. The average Bonchev–Trinajstić information content (AvgIpc) is 2.60. The van der Waals surface area contributed by atoms with Gasteiger partial charge in [-0.1, -0.05) is 20.8 Å². The molecule has 84 valence electrons. The molecule has 1 unspecified atom stereocenters. The molecule has 0 radical (unpaired) electrons. The third-order valence-corrected chi connectivity index (χ3v) is 3.20. The van der Waals surface area contributed by atoms with Crippen LogP contribution >= 0.6 is 11.3 Å². The van der Waals surface area contributed by atoms with E-state index in [0.29, 0.717) is 16.5 Å². The van der Waals surface area contributed by atoms with Crippen molar-refractivity contribution >= 4 is 23.0 Å². The van der Waals surface area contributed by atoms with Crippen LogP contribution in [0.5, 0.6) is 0 Å². The molecular formula is C11H17NO2S. The number of nitrogen functional groups attached to an aromatic ring is 1. The Kier molecular flexibility index (Phi) is 4.15. The Morgan fingerprint density at radius 2 is 2.27 bits per heavy atom. The zero-order valence-corrected chi connectivity index (χ0v) is 10.1. The lowest BCUT2D eigenvalue weighted by molar-refractivity contribution is 0.0180. The summed E-state index contributed by atoms with van der Waals surface area (Å²) in [6, 6.07) is 1.72. The molecule has 2 N–H and O–H groups in total. The lowest BCUT2D eigenvalue weighted by atomic mass is 10.1. The van der Waals surface area contributed by atoms with Crippen molar-refractivity contribution in [2.24, 2.45) is 5.92 Å². The molecule has 1 atom stereocenters. The Morgan fingerprint density at radius 3 is 2.67 bits per heavy atom. The molecule has 0 bridgehead atoms. The van der Waals surface area contributed by atoms with Crippen LogP contribution in [-0.4, -0.2) is 12.1 Å². The molecule has 0 saturated carbocycles. The minimum absolute atomic E-state index is 0.0287. The first-order chi connectivity index (χ1) is 7.06. The topological polar surface area (TPSA) is 52.3 Å². The normalized spacial score (nSPS) is 12.8. The molecule has 1 heterocycles. The van der Waals surface area contributed by atoms with Crippen LogP contribution in [0, 0.1) is 5.92 Å². The number of ether oxygens (including phenoxy) is 1. The second kappa shape index (κ2) is 5.16. The molecule has 0 aliphatic rings. The molecule has 0 amide bonds. The van der Waals surface area contributed by atoms with E-state index in [1.807, 2.05) is 20.8 Å². The maximum atomic E-state index is 11.7. The van der Waals surface area contributed by atoms with Gasteiger partial charge < -0.3 is 10.5 Å². The molecule has 0 fully saturated rings. The second-order valence-corrected chi connectivity index (χ2v) is 4.72. The van der Waals surface area contributed by atoms with Crippen molar-refractivity contribution in [3.05, 3.63) is 16.3 Å². The summed E-state index contributed by atoms with van der Waals surface area (Å²) in [6.45, 7) is 6.09. The van der Waals surface area contributed by atoms with Crippen LogP contribution in [0.15, 0.2) is 11.4 Å². The summed E-state index contributed by atoms with van der Waals surface area (Å²) in [5, 5.41) is 1.79. The number of anilines is 1. The standard InChI is InChI=1S/C11H17NO2S/c1-4-9(7(2)3)14-11(13)10-8(12)5-6-15-10/h5-7,9H,4,12H2,1-3H3. The van der Waals surface area contributed by atoms with Crippen molar-refractivity contribution in [2.45, 2.75) is 33.3 Å². The molecule has 0 aliphatic carbocycles. The van der Waals surface area contributed by atoms with Crippen LogP contribution in [0.1, 0.15) is 36.9 Å². The summed E-state index contributed by atoms with van der Waals surface area (Å²) < 4.78 is 5.38. The van der Waals surface area contributed by atoms with Crippen LogP contribution in [0.4, 0.5) is 5.69 Å². The van der Waals surface area contributed by atoms with E-state index in [1.165, 1.54) is 11.3 Å². The highest BCUT2D eigenvalue weighted by Gasteiger charge is 2.19. The molecule has 0 saturated heterocycles.